The number of carbonyl (C=O) groups is 1. The summed E-state index contributed by atoms with van der Waals surface area (Å²) in [5, 5.41) is 9.41. The summed E-state index contributed by atoms with van der Waals surface area (Å²) in [4.78, 5) is 14.0. The first-order valence-corrected chi connectivity index (χ1v) is 6.26. The molecule has 0 aliphatic heterocycles. The molecule has 0 radical (unpaired) electrons. The van der Waals surface area contributed by atoms with Crippen molar-refractivity contribution in [3.8, 4) is 0 Å². The molecule has 6 nitrogen and oxygen atoms in total. The molecule has 0 fully saturated rings. The minimum atomic E-state index is -0.227. The minimum absolute atomic E-state index is 0.227. The number of nitrogens with two attached hydrogens (primary N) is 1. The number of anilines is 1. The van der Waals surface area contributed by atoms with E-state index in [-0.39, 0.29) is 11.6 Å². The van der Waals surface area contributed by atoms with E-state index in [1.807, 2.05) is 7.05 Å². The number of likely N-dealkylation sites (N-methyl/N-ethyl adjacent to an activating group) is 1. The van der Waals surface area contributed by atoms with Gasteiger partial charge in [-0.3, -0.25) is 9.89 Å². The van der Waals surface area contributed by atoms with E-state index in [0.717, 1.165) is 18.7 Å². The molecule has 0 saturated heterocycles. The number of hydrogen-bond acceptors (Lipinski definition) is 4. The smallest absolute Gasteiger partial charge is 0.273 e. The molecule has 1 rings (SSSR count). The van der Waals surface area contributed by atoms with E-state index in [1.165, 1.54) is 0 Å². The maximum absolute atomic E-state index is 11.8. The molecule has 0 aliphatic carbocycles. The van der Waals surface area contributed by atoms with Crippen LogP contribution in [0.5, 0.6) is 0 Å². The Labute approximate surface area is 108 Å². The molecular formula is C12H23N5O. The molecule has 0 saturated carbocycles. The maximum atomic E-state index is 11.8. The van der Waals surface area contributed by atoms with Gasteiger partial charge in [0.15, 0.2) is 5.69 Å². The van der Waals surface area contributed by atoms with E-state index >= 15 is 0 Å². The lowest BCUT2D eigenvalue weighted by Crippen LogP contribution is -2.37. The normalized spacial score (nSPS) is 12.7. The summed E-state index contributed by atoms with van der Waals surface area (Å²) in [6.07, 6.45) is 1.09. The highest BCUT2D eigenvalue weighted by Crippen LogP contribution is 2.11. The van der Waals surface area contributed by atoms with Crippen LogP contribution in [0.3, 0.4) is 0 Å². The highest BCUT2D eigenvalue weighted by atomic mass is 16.1. The molecule has 102 valence electrons. The third kappa shape index (κ3) is 3.46. The van der Waals surface area contributed by atoms with Gasteiger partial charge >= 0.3 is 0 Å². The Morgan fingerprint density at radius 2 is 2.28 bits per heavy atom. The first-order chi connectivity index (χ1) is 8.47. The quantitative estimate of drug-likeness (QED) is 0.698. The molecule has 1 aromatic heterocycles. The third-order valence-corrected chi connectivity index (χ3v) is 3.30. The van der Waals surface area contributed by atoms with Gasteiger partial charge in [0.25, 0.3) is 5.91 Å². The second-order valence-electron chi connectivity index (χ2n) is 4.60. The first kappa shape index (κ1) is 14.5. The summed E-state index contributed by atoms with van der Waals surface area (Å²) in [7, 11) is 2.05. The average molecular weight is 253 g/mol. The predicted molar refractivity (Wildman–Crippen MR) is 72.5 cm³/mol. The zero-order valence-electron chi connectivity index (χ0n) is 11.6. The molecule has 18 heavy (non-hydrogen) atoms. The Hall–Kier alpha value is -1.56. The Kier molecular flexibility index (Phi) is 5.15. The number of aromatic nitrogens is 2. The standard InChI is InChI=1S/C12H23N5O/c1-5-8(2)17(4)7-6-14-12(18)11-10(13)9(3)15-16-11/h8H,5-7,13H2,1-4H3,(H,14,18)(H,15,16). The zero-order chi connectivity index (χ0) is 13.7. The zero-order valence-corrected chi connectivity index (χ0v) is 11.6. The number of aromatic amines is 1. The molecule has 1 aromatic rings. The number of nitrogens with zero attached hydrogens (tertiary/aromatic N) is 2. The Balaban J connectivity index is 2.41. The van der Waals surface area contributed by atoms with E-state index in [9.17, 15) is 4.79 Å². The van der Waals surface area contributed by atoms with Gasteiger partial charge in [-0.1, -0.05) is 6.92 Å². The summed E-state index contributed by atoms with van der Waals surface area (Å²) < 4.78 is 0. The fourth-order valence-corrected chi connectivity index (χ4v) is 1.57. The fraction of sp³-hybridized carbons (Fsp3) is 0.667. The molecule has 1 atom stereocenters. The Morgan fingerprint density at radius 1 is 1.61 bits per heavy atom. The molecule has 0 spiro atoms. The number of carbonyl (C=O) groups excluding carboxylic acids is 1. The molecule has 4 N–H and O–H groups in total. The van der Waals surface area contributed by atoms with Crippen molar-refractivity contribution in [3.63, 3.8) is 0 Å². The van der Waals surface area contributed by atoms with Crippen LogP contribution in [-0.4, -0.2) is 47.2 Å². The number of nitrogens with one attached hydrogen (secondary N) is 2. The van der Waals surface area contributed by atoms with Crippen LogP contribution in [0, 0.1) is 6.92 Å². The average Bonchev–Trinajstić information content (AvgIpc) is 2.68. The maximum Gasteiger partial charge on any atom is 0.273 e. The number of hydrogen-bond donors (Lipinski definition) is 3. The van der Waals surface area contributed by atoms with Crippen molar-refractivity contribution in [3.05, 3.63) is 11.4 Å². The van der Waals surface area contributed by atoms with E-state index in [0.29, 0.717) is 18.3 Å². The van der Waals surface area contributed by atoms with Crippen LogP contribution in [0.4, 0.5) is 5.69 Å². The predicted octanol–water partition coefficient (Wildman–Crippen LogP) is 0.760. The third-order valence-electron chi connectivity index (χ3n) is 3.30. The van der Waals surface area contributed by atoms with Gasteiger partial charge in [0.05, 0.1) is 11.4 Å². The van der Waals surface area contributed by atoms with Gasteiger partial charge in [0.2, 0.25) is 0 Å². The molecule has 0 aromatic carbocycles. The van der Waals surface area contributed by atoms with Gasteiger partial charge in [-0.2, -0.15) is 5.10 Å². The number of nitrogen functional groups attached to an aromatic ring is 1. The van der Waals surface area contributed by atoms with Crippen molar-refractivity contribution in [2.45, 2.75) is 33.2 Å². The lowest BCUT2D eigenvalue weighted by molar-refractivity contribution is 0.0943. The van der Waals surface area contributed by atoms with Crippen LogP contribution in [0.15, 0.2) is 0 Å². The number of H-pyrrole nitrogens is 1. The molecule has 6 heteroatoms. The van der Waals surface area contributed by atoms with Gasteiger partial charge in [0.1, 0.15) is 0 Å². The molecule has 0 bridgehead atoms. The fourth-order valence-electron chi connectivity index (χ4n) is 1.57. The lowest BCUT2D eigenvalue weighted by Gasteiger charge is -2.23. The highest BCUT2D eigenvalue weighted by Gasteiger charge is 2.15. The second-order valence-corrected chi connectivity index (χ2v) is 4.60. The molecule has 1 amide bonds. The number of amides is 1. The highest BCUT2D eigenvalue weighted by molar-refractivity contribution is 5.97. The van der Waals surface area contributed by atoms with Gasteiger partial charge in [-0.05, 0) is 27.3 Å². The van der Waals surface area contributed by atoms with Crippen molar-refractivity contribution >= 4 is 11.6 Å². The largest absolute Gasteiger partial charge is 0.395 e. The van der Waals surface area contributed by atoms with Crippen molar-refractivity contribution in [1.82, 2.24) is 20.4 Å². The van der Waals surface area contributed by atoms with Crippen molar-refractivity contribution in [2.75, 3.05) is 25.9 Å². The van der Waals surface area contributed by atoms with Gasteiger partial charge in [-0.15, -0.1) is 0 Å². The van der Waals surface area contributed by atoms with Gasteiger partial charge < -0.3 is 16.0 Å². The summed E-state index contributed by atoms with van der Waals surface area (Å²) in [5.74, 6) is -0.227. The van der Waals surface area contributed by atoms with Crippen molar-refractivity contribution in [2.24, 2.45) is 0 Å². The summed E-state index contributed by atoms with van der Waals surface area (Å²) in [5.41, 5.74) is 7.15. The number of rotatable bonds is 6. The molecule has 1 heterocycles. The monoisotopic (exact) mass is 253 g/mol. The van der Waals surface area contributed by atoms with E-state index in [2.05, 4.69) is 34.3 Å². The molecule has 0 aliphatic rings. The lowest BCUT2D eigenvalue weighted by atomic mass is 10.2. The Morgan fingerprint density at radius 3 is 2.78 bits per heavy atom. The molecule has 1 unspecified atom stereocenters. The number of aryl methyl sites for hydroxylation is 1. The van der Waals surface area contributed by atoms with Crippen LogP contribution < -0.4 is 11.1 Å². The first-order valence-electron chi connectivity index (χ1n) is 6.26. The van der Waals surface area contributed by atoms with Crippen LogP contribution >= 0.6 is 0 Å². The van der Waals surface area contributed by atoms with Crippen LogP contribution in [0.1, 0.15) is 36.5 Å². The van der Waals surface area contributed by atoms with Crippen LogP contribution in [0.25, 0.3) is 0 Å². The van der Waals surface area contributed by atoms with E-state index < -0.39 is 0 Å². The summed E-state index contributed by atoms with van der Waals surface area (Å²) in [6, 6.07) is 0.514. The van der Waals surface area contributed by atoms with E-state index in [4.69, 9.17) is 5.73 Å². The van der Waals surface area contributed by atoms with Crippen LogP contribution in [-0.2, 0) is 0 Å². The van der Waals surface area contributed by atoms with Gasteiger partial charge in [0, 0.05) is 19.1 Å². The van der Waals surface area contributed by atoms with Crippen LogP contribution in [0.2, 0.25) is 0 Å². The van der Waals surface area contributed by atoms with Crippen molar-refractivity contribution < 1.29 is 4.79 Å². The second kappa shape index (κ2) is 6.39. The SMILES string of the molecule is CCC(C)N(C)CCNC(=O)c1n[nH]c(C)c1N. The summed E-state index contributed by atoms with van der Waals surface area (Å²) in [6.45, 7) is 7.49. The minimum Gasteiger partial charge on any atom is -0.395 e. The van der Waals surface area contributed by atoms with Gasteiger partial charge in [-0.25, -0.2) is 0 Å². The topological polar surface area (TPSA) is 87.0 Å². The van der Waals surface area contributed by atoms with E-state index in [1.54, 1.807) is 6.92 Å². The summed E-state index contributed by atoms with van der Waals surface area (Å²) >= 11 is 0. The molecular weight excluding hydrogens is 230 g/mol. The Bertz CT molecular complexity index is 401. The van der Waals surface area contributed by atoms with Crippen molar-refractivity contribution in [1.29, 1.82) is 0 Å².